The molecule has 29 heavy (non-hydrogen) atoms. The molecule has 0 aliphatic rings. The number of esters is 1. The number of nitrogens with zero attached hydrogens (tertiary/aromatic N) is 1. The monoisotopic (exact) mass is 399 g/mol. The third kappa shape index (κ3) is 4.88. The number of ether oxygens (including phenoxy) is 1. The van der Waals surface area contributed by atoms with Gasteiger partial charge >= 0.3 is 5.97 Å². The molecule has 3 rings (SSSR count). The lowest BCUT2D eigenvalue weighted by Crippen LogP contribution is -2.21. The van der Waals surface area contributed by atoms with Crippen LogP contribution in [0.3, 0.4) is 0 Å². The van der Waals surface area contributed by atoms with E-state index in [1.165, 1.54) is 18.2 Å². The molecule has 3 aromatic rings. The van der Waals surface area contributed by atoms with Crippen molar-refractivity contribution in [1.29, 1.82) is 0 Å². The van der Waals surface area contributed by atoms with Gasteiger partial charge in [0.25, 0.3) is 0 Å². The third-order valence-electron chi connectivity index (χ3n) is 4.83. The fourth-order valence-electron chi connectivity index (χ4n) is 3.28. The minimum Gasteiger partial charge on any atom is -0.464 e. The van der Waals surface area contributed by atoms with Gasteiger partial charge in [0, 0.05) is 17.1 Å². The van der Waals surface area contributed by atoms with Crippen molar-refractivity contribution in [3.63, 3.8) is 0 Å². The zero-order valence-corrected chi connectivity index (χ0v) is 16.3. The van der Waals surface area contributed by atoms with Gasteiger partial charge in [0.15, 0.2) is 17.1 Å². The van der Waals surface area contributed by atoms with Gasteiger partial charge in [-0.05, 0) is 43.0 Å². The average molecular weight is 399 g/mol. The second-order valence-corrected chi connectivity index (χ2v) is 6.89. The van der Waals surface area contributed by atoms with E-state index < -0.39 is 17.6 Å². The molecule has 1 heterocycles. The van der Waals surface area contributed by atoms with Crippen molar-refractivity contribution in [1.82, 2.24) is 4.57 Å². The quantitative estimate of drug-likeness (QED) is 0.416. The summed E-state index contributed by atoms with van der Waals surface area (Å²) in [5.74, 6) is -2.19. The van der Waals surface area contributed by atoms with E-state index in [0.717, 1.165) is 18.9 Å². The molecule has 0 N–H and O–H groups in total. The number of carbonyl (C=O) groups is 1. The van der Waals surface area contributed by atoms with E-state index in [0.29, 0.717) is 23.2 Å². The summed E-state index contributed by atoms with van der Waals surface area (Å²) < 4.78 is 34.5. The number of pyridine rings is 1. The molecule has 0 fully saturated rings. The number of fused-ring (bicyclic) bond motifs is 1. The SMILES string of the molecule is CCCCOC(=O)Cn1c(CCc2cccc(F)c2F)cc(=O)c2ccccc21. The third-order valence-corrected chi connectivity index (χ3v) is 4.83. The topological polar surface area (TPSA) is 48.3 Å². The van der Waals surface area contributed by atoms with Crippen LogP contribution in [-0.2, 0) is 28.9 Å². The summed E-state index contributed by atoms with van der Waals surface area (Å²) in [4.78, 5) is 24.8. The molecular formula is C23H23F2NO3. The molecule has 1 aromatic heterocycles. The predicted octanol–water partition coefficient (Wildman–Crippen LogP) is 4.41. The smallest absolute Gasteiger partial charge is 0.325 e. The molecule has 6 heteroatoms. The first-order chi connectivity index (χ1) is 14.0. The summed E-state index contributed by atoms with van der Waals surface area (Å²) in [5, 5.41) is 0.495. The lowest BCUT2D eigenvalue weighted by Gasteiger charge is -2.17. The Morgan fingerprint density at radius 3 is 2.66 bits per heavy atom. The van der Waals surface area contributed by atoms with Crippen LogP contribution in [0.2, 0.25) is 0 Å². The number of benzene rings is 2. The molecule has 0 aliphatic heterocycles. The Kier molecular flexibility index (Phi) is 6.75. The van der Waals surface area contributed by atoms with Crippen LogP contribution in [0.1, 0.15) is 31.0 Å². The molecule has 2 aromatic carbocycles. The van der Waals surface area contributed by atoms with Crippen LogP contribution in [-0.4, -0.2) is 17.1 Å². The summed E-state index contributed by atoms with van der Waals surface area (Å²) in [6.07, 6.45) is 2.18. The fraction of sp³-hybridized carbons (Fsp3) is 0.304. The highest BCUT2D eigenvalue weighted by Gasteiger charge is 2.14. The Morgan fingerprint density at radius 2 is 1.86 bits per heavy atom. The van der Waals surface area contributed by atoms with E-state index in [9.17, 15) is 18.4 Å². The van der Waals surface area contributed by atoms with E-state index in [4.69, 9.17) is 4.74 Å². The zero-order valence-electron chi connectivity index (χ0n) is 16.3. The van der Waals surface area contributed by atoms with Crippen LogP contribution >= 0.6 is 0 Å². The number of aromatic nitrogens is 1. The van der Waals surface area contributed by atoms with Crippen LogP contribution in [0.4, 0.5) is 8.78 Å². The molecule has 0 atom stereocenters. The van der Waals surface area contributed by atoms with Gasteiger partial charge < -0.3 is 9.30 Å². The van der Waals surface area contributed by atoms with E-state index in [-0.39, 0.29) is 30.4 Å². The first-order valence-electron chi connectivity index (χ1n) is 9.71. The van der Waals surface area contributed by atoms with E-state index in [2.05, 4.69) is 0 Å². The number of aryl methyl sites for hydroxylation is 2. The molecule has 0 aliphatic carbocycles. The van der Waals surface area contributed by atoms with Gasteiger partial charge in [-0.3, -0.25) is 9.59 Å². The molecule has 0 radical (unpaired) electrons. The largest absolute Gasteiger partial charge is 0.464 e. The molecule has 0 bridgehead atoms. The second-order valence-electron chi connectivity index (χ2n) is 6.89. The standard InChI is InChI=1S/C23H23F2NO3/c1-2-3-13-29-22(28)15-26-17(12-11-16-7-6-9-19(24)23(16)25)14-21(27)18-8-4-5-10-20(18)26/h4-10,14H,2-3,11-13,15H2,1H3. The number of unbranched alkanes of at least 4 members (excludes halogenated alkanes) is 1. The van der Waals surface area contributed by atoms with Gasteiger partial charge in [0.2, 0.25) is 0 Å². The molecule has 0 spiro atoms. The Balaban J connectivity index is 1.93. The van der Waals surface area contributed by atoms with Crippen molar-refractivity contribution in [2.75, 3.05) is 6.61 Å². The summed E-state index contributed by atoms with van der Waals surface area (Å²) in [6, 6.07) is 12.5. The van der Waals surface area contributed by atoms with Crippen LogP contribution in [0, 0.1) is 11.6 Å². The Bertz CT molecular complexity index is 1080. The minimum atomic E-state index is -0.905. The molecule has 0 unspecified atom stereocenters. The maximum absolute atomic E-state index is 14.0. The van der Waals surface area contributed by atoms with E-state index in [1.807, 2.05) is 6.92 Å². The number of hydrogen-bond donors (Lipinski definition) is 0. The zero-order chi connectivity index (χ0) is 20.8. The van der Waals surface area contributed by atoms with Crippen LogP contribution in [0.15, 0.2) is 53.3 Å². The van der Waals surface area contributed by atoms with Gasteiger partial charge in [-0.1, -0.05) is 37.6 Å². The van der Waals surface area contributed by atoms with Gasteiger partial charge in [-0.15, -0.1) is 0 Å². The Hall–Kier alpha value is -3.02. The van der Waals surface area contributed by atoms with Crippen molar-refractivity contribution < 1.29 is 18.3 Å². The first kappa shape index (κ1) is 20.7. The second kappa shape index (κ2) is 9.45. The number of para-hydroxylation sites is 1. The number of halogens is 2. The van der Waals surface area contributed by atoms with E-state index in [1.54, 1.807) is 28.8 Å². The van der Waals surface area contributed by atoms with Crippen LogP contribution < -0.4 is 5.43 Å². The van der Waals surface area contributed by atoms with E-state index >= 15 is 0 Å². The maximum Gasteiger partial charge on any atom is 0.325 e. The van der Waals surface area contributed by atoms with Gasteiger partial charge in [-0.2, -0.15) is 0 Å². The molecule has 4 nitrogen and oxygen atoms in total. The average Bonchev–Trinajstić information content (AvgIpc) is 2.72. The Morgan fingerprint density at radius 1 is 1.07 bits per heavy atom. The molecular weight excluding hydrogens is 376 g/mol. The number of hydrogen-bond acceptors (Lipinski definition) is 3. The van der Waals surface area contributed by atoms with Crippen molar-refractivity contribution in [2.24, 2.45) is 0 Å². The maximum atomic E-state index is 14.0. The highest BCUT2D eigenvalue weighted by atomic mass is 19.2. The summed E-state index contributed by atoms with van der Waals surface area (Å²) in [5.41, 5.74) is 1.24. The van der Waals surface area contributed by atoms with Crippen LogP contribution in [0.5, 0.6) is 0 Å². The van der Waals surface area contributed by atoms with Crippen molar-refractivity contribution in [3.05, 3.63) is 81.6 Å². The number of carbonyl (C=O) groups excluding carboxylic acids is 1. The minimum absolute atomic E-state index is 0.0501. The molecule has 0 saturated carbocycles. The normalized spacial score (nSPS) is 11.0. The van der Waals surface area contributed by atoms with Gasteiger partial charge in [0.1, 0.15) is 6.54 Å². The summed E-state index contributed by atoms with van der Waals surface area (Å²) >= 11 is 0. The summed E-state index contributed by atoms with van der Waals surface area (Å²) in [7, 11) is 0. The highest BCUT2D eigenvalue weighted by Crippen LogP contribution is 2.18. The first-order valence-corrected chi connectivity index (χ1v) is 9.71. The van der Waals surface area contributed by atoms with Gasteiger partial charge in [-0.25, -0.2) is 8.78 Å². The lowest BCUT2D eigenvalue weighted by molar-refractivity contribution is -0.144. The van der Waals surface area contributed by atoms with Crippen molar-refractivity contribution in [3.8, 4) is 0 Å². The molecule has 0 saturated heterocycles. The predicted molar refractivity (Wildman–Crippen MR) is 108 cm³/mol. The Labute approximate surface area is 167 Å². The van der Waals surface area contributed by atoms with Gasteiger partial charge in [0.05, 0.1) is 12.1 Å². The highest BCUT2D eigenvalue weighted by molar-refractivity contribution is 5.81. The fourth-order valence-corrected chi connectivity index (χ4v) is 3.28. The number of rotatable bonds is 8. The summed E-state index contributed by atoms with van der Waals surface area (Å²) in [6.45, 7) is 2.30. The van der Waals surface area contributed by atoms with Crippen LogP contribution in [0.25, 0.3) is 10.9 Å². The molecule has 152 valence electrons. The van der Waals surface area contributed by atoms with Crippen molar-refractivity contribution >= 4 is 16.9 Å². The lowest BCUT2D eigenvalue weighted by atomic mass is 10.1. The van der Waals surface area contributed by atoms with Crippen molar-refractivity contribution in [2.45, 2.75) is 39.2 Å². The molecule has 0 amide bonds.